The molecule has 3 aromatic heterocycles. The van der Waals surface area contributed by atoms with Gasteiger partial charge in [0.25, 0.3) is 17.7 Å². The summed E-state index contributed by atoms with van der Waals surface area (Å²) in [4.78, 5) is 90.2. The average Bonchev–Trinajstić information content (AvgIpc) is 3.84. The number of nitrogens with zero attached hydrogens (tertiary/aromatic N) is 9. The third-order valence-electron chi connectivity index (χ3n) is 15.0. The van der Waals surface area contributed by atoms with Crippen molar-refractivity contribution in [3.05, 3.63) is 71.6 Å². The van der Waals surface area contributed by atoms with Crippen molar-refractivity contribution in [1.29, 1.82) is 0 Å². The number of aryl methyl sites for hydroxylation is 1. The summed E-state index contributed by atoms with van der Waals surface area (Å²) in [6.07, 6.45) is 13.6. The number of benzene rings is 1. The first-order valence-electron chi connectivity index (χ1n) is 23.8. The molecule has 5 fully saturated rings. The number of aromatic nitrogens is 5. The molecule has 65 heavy (non-hydrogen) atoms. The molecule has 1 aromatic carbocycles. The van der Waals surface area contributed by atoms with Gasteiger partial charge in [-0.1, -0.05) is 6.07 Å². The Morgan fingerprint density at radius 1 is 0.785 bits per heavy atom. The van der Waals surface area contributed by atoms with E-state index in [-0.39, 0.29) is 36.7 Å². The van der Waals surface area contributed by atoms with Gasteiger partial charge in [0, 0.05) is 62.6 Å². The topological polar surface area (TPSA) is 191 Å². The summed E-state index contributed by atoms with van der Waals surface area (Å²) in [6, 6.07) is 10.3. The Kier molecular flexibility index (Phi) is 12.3. The van der Waals surface area contributed by atoms with Crippen LogP contribution in [0.1, 0.15) is 114 Å². The van der Waals surface area contributed by atoms with Crippen molar-refractivity contribution in [2.24, 2.45) is 17.8 Å². The molecule has 17 heteroatoms. The van der Waals surface area contributed by atoms with E-state index in [1.165, 1.54) is 45.3 Å². The summed E-state index contributed by atoms with van der Waals surface area (Å²) in [5, 5.41) is 8.95. The standard InChI is InChI=1S/C48H60N12O5/c1-30-3-2-4-39(53-30)45(62)54-34-23-36(24-34)59-29-52-42-43(50-28-51-44(42)59)49-16-9-31-10-17-56(18-11-31)26-32-12-19-57(20-13-32)27-33-14-21-58(22-15-33)35-5-6-37-38(25-35)48(65)60(47(37)64)40-7-8-41(61)55-46(40)63/h2-6,25,28-29,31-34,36,40H,7-24,26-27H2,1H3,(H,54,62)(H,49,50,51)(H,55,61,63)/t34?,36?,40-/m0/s1. The molecular formula is C48H60N12O5. The normalized spacial score (nSPS) is 24.0. The fourth-order valence-corrected chi connectivity index (χ4v) is 11.1. The number of anilines is 2. The second-order valence-corrected chi connectivity index (χ2v) is 19.3. The van der Waals surface area contributed by atoms with E-state index in [1.54, 1.807) is 18.5 Å². The molecule has 342 valence electrons. The number of piperidine rings is 4. The minimum absolute atomic E-state index is 0.0992. The third-order valence-corrected chi connectivity index (χ3v) is 15.0. The predicted octanol–water partition coefficient (Wildman–Crippen LogP) is 4.21. The molecule has 0 unspecified atom stereocenters. The zero-order valence-corrected chi connectivity index (χ0v) is 37.3. The van der Waals surface area contributed by atoms with Gasteiger partial charge in [-0.25, -0.2) is 19.9 Å². The smallest absolute Gasteiger partial charge is 0.270 e. The molecule has 1 atom stereocenters. The first kappa shape index (κ1) is 43.1. The zero-order chi connectivity index (χ0) is 44.6. The van der Waals surface area contributed by atoms with Gasteiger partial charge in [0.2, 0.25) is 11.8 Å². The highest BCUT2D eigenvalue weighted by atomic mass is 16.2. The summed E-state index contributed by atoms with van der Waals surface area (Å²) in [5.74, 6) is 0.862. The van der Waals surface area contributed by atoms with Crippen molar-refractivity contribution in [1.82, 2.24) is 49.8 Å². The van der Waals surface area contributed by atoms with Gasteiger partial charge in [-0.3, -0.25) is 34.2 Å². The van der Waals surface area contributed by atoms with E-state index < -0.39 is 23.8 Å². The van der Waals surface area contributed by atoms with Crippen molar-refractivity contribution in [3.8, 4) is 0 Å². The molecule has 0 bridgehead atoms. The fraction of sp³-hybridized carbons (Fsp3) is 0.562. The van der Waals surface area contributed by atoms with Crippen molar-refractivity contribution in [2.45, 2.75) is 95.7 Å². The Bertz CT molecular complexity index is 2440. The highest BCUT2D eigenvalue weighted by Crippen LogP contribution is 2.36. The monoisotopic (exact) mass is 884 g/mol. The van der Waals surface area contributed by atoms with E-state index in [4.69, 9.17) is 4.98 Å². The Morgan fingerprint density at radius 3 is 2.18 bits per heavy atom. The number of hydrogen-bond acceptors (Lipinski definition) is 13. The highest BCUT2D eigenvalue weighted by molar-refractivity contribution is 6.23. The molecule has 3 N–H and O–H groups in total. The van der Waals surface area contributed by atoms with Crippen LogP contribution in [-0.2, 0) is 9.59 Å². The molecule has 0 spiro atoms. The number of carbonyl (C=O) groups is 5. The van der Waals surface area contributed by atoms with E-state index in [0.29, 0.717) is 28.7 Å². The lowest BCUT2D eigenvalue weighted by Gasteiger charge is -2.40. The number of nitrogens with one attached hydrogen (secondary N) is 3. The van der Waals surface area contributed by atoms with Crippen LogP contribution in [0.25, 0.3) is 11.2 Å². The minimum atomic E-state index is -0.952. The number of carbonyl (C=O) groups excluding carboxylic acids is 5. The summed E-state index contributed by atoms with van der Waals surface area (Å²) >= 11 is 0. The molecule has 5 amide bonds. The van der Waals surface area contributed by atoms with Crippen LogP contribution in [-0.4, -0.2) is 140 Å². The van der Waals surface area contributed by atoms with Crippen molar-refractivity contribution in [3.63, 3.8) is 0 Å². The van der Waals surface area contributed by atoms with Crippen LogP contribution in [0.3, 0.4) is 0 Å². The molecule has 4 saturated heterocycles. The van der Waals surface area contributed by atoms with Gasteiger partial charge in [0.05, 0.1) is 17.5 Å². The zero-order valence-electron chi connectivity index (χ0n) is 37.3. The molecular weight excluding hydrogens is 825 g/mol. The van der Waals surface area contributed by atoms with Gasteiger partial charge in [-0.05, 0) is 145 Å². The maximum absolute atomic E-state index is 13.4. The number of hydrogen-bond donors (Lipinski definition) is 3. The maximum atomic E-state index is 13.4. The first-order valence-corrected chi connectivity index (χ1v) is 23.8. The molecule has 0 radical (unpaired) electrons. The van der Waals surface area contributed by atoms with Crippen LogP contribution in [0.5, 0.6) is 0 Å². The molecule has 8 heterocycles. The lowest BCUT2D eigenvalue weighted by molar-refractivity contribution is -0.136. The molecule has 17 nitrogen and oxygen atoms in total. The van der Waals surface area contributed by atoms with Gasteiger partial charge in [-0.2, -0.15) is 0 Å². The summed E-state index contributed by atoms with van der Waals surface area (Å²) in [5.41, 5.74) is 4.50. The highest BCUT2D eigenvalue weighted by Gasteiger charge is 2.45. The lowest BCUT2D eigenvalue weighted by atomic mass is 9.86. The van der Waals surface area contributed by atoms with Gasteiger partial charge < -0.3 is 29.9 Å². The van der Waals surface area contributed by atoms with Crippen LogP contribution >= 0.6 is 0 Å². The van der Waals surface area contributed by atoms with E-state index in [1.807, 2.05) is 37.5 Å². The predicted molar refractivity (Wildman–Crippen MR) is 243 cm³/mol. The number of fused-ring (bicyclic) bond motifs is 2. The van der Waals surface area contributed by atoms with Crippen LogP contribution < -0.4 is 20.9 Å². The molecule has 4 aromatic rings. The Balaban J connectivity index is 0.609. The lowest BCUT2D eigenvalue weighted by Crippen LogP contribution is -2.54. The molecule has 6 aliphatic rings. The van der Waals surface area contributed by atoms with Gasteiger partial charge in [-0.15, -0.1) is 0 Å². The SMILES string of the molecule is Cc1cccc(C(=O)NC2CC(n3cnc4c(NCCC5CCN(CC6CCN(CC7CCN(c8ccc9c(c8)C(=O)N([C@H]8CCC(=O)NC8=O)C9=O)CC7)CC6)CC5)ncnc43)C2)n1. The molecule has 1 saturated carbocycles. The van der Waals surface area contributed by atoms with Gasteiger partial charge in [0.15, 0.2) is 11.5 Å². The van der Waals surface area contributed by atoms with Crippen molar-refractivity contribution >= 4 is 52.2 Å². The Labute approximate surface area is 379 Å². The van der Waals surface area contributed by atoms with Crippen molar-refractivity contribution in [2.75, 3.05) is 69.1 Å². The summed E-state index contributed by atoms with van der Waals surface area (Å²) in [7, 11) is 0. The minimum Gasteiger partial charge on any atom is -0.371 e. The van der Waals surface area contributed by atoms with E-state index in [0.717, 1.165) is 111 Å². The number of imidazole rings is 1. The van der Waals surface area contributed by atoms with E-state index in [2.05, 4.69) is 50.2 Å². The largest absolute Gasteiger partial charge is 0.371 e. The van der Waals surface area contributed by atoms with E-state index >= 15 is 0 Å². The van der Waals surface area contributed by atoms with Crippen LogP contribution in [0, 0.1) is 24.7 Å². The number of amides is 5. The maximum Gasteiger partial charge on any atom is 0.270 e. The Hall–Kier alpha value is -5.81. The van der Waals surface area contributed by atoms with Crippen LogP contribution in [0.4, 0.5) is 11.5 Å². The molecule has 5 aliphatic heterocycles. The summed E-state index contributed by atoms with van der Waals surface area (Å²) in [6.45, 7) is 11.6. The molecule has 10 rings (SSSR count). The van der Waals surface area contributed by atoms with Crippen LogP contribution in [0.15, 0.2) is 49.1 Å². The number of likely N-dealkylation sites (tertiary alicyclic amines) is 2. The second-order valence-electron chi connectivity index (χ2n) is 19.3. The van der Waals surface area contributed by atoms with Crippen LogP contribution in [0.2, 0.25) is 0 Å². The Morgan fingerprint density at radius 2 is 1.48 bits per heavy atom. The van der Waals surface area contributed by atoms with Gasteiger partial charge >= 0.3 is 0 Å². The number of rotatable bonds is 13. The average molecular weight is 885 g/mol. The van der Waals surface area contributed by atoms with Crippen molar-refractivity contribution < 1.29 is 24.0 Å². The molecule has 1 aliphatic carbocycles. The first-order chi connectivity index (χ1) is 31.6. The quantitative estimate of drug-likeness (QED) is 0.162. The fourth-order valence-electron chi connectivity index (χ4n) is 11.1. The number of pyridine rings is 1. The number of imide groups is 2. The summed E-state index contributed by atoms with van der Waals surface area (Å²) < 4.78 is 2.12. The second kappa shape index (κ2) is 18.6. The third kappa shape index (κ3) is 9.22. The van der Waals surface area contributed by atoms with Gasteiger partial charge in [0.1, 0.15) is 23.6 Å². The van der Waals surface area contributed by atoms with E-state index in [9.17, 15) is 24.0 Å².